The molecule has 0 aliphatic heterocycles. The average molecular weight is 411 g/mol. The van der Waals surface area contributed by atoms with Crippen LogP contribution in [-0.4, -0.2) is 36.9 Å². The number of carbonyl (C=O) groups is 2. The molecular formula is C22H26N4O2S. The first-order chi connectivity index (χ1) is 14.0. The highest BCUT2D eigenvalue weighted by Crippen LogP contribution is 2.34. The number of hydrogen-bond acceptors (Lipinski definition) is 5. The minimum absolute atomic E-state index is 0.0627. The molecule has 0 saturated carbocycles. The Labute approximate surface area is 174 Å². The summed E-state index contributed by atoms with van der Waals surface area (Å²) in [4.78, 5) is 31.0. The molecule has 0 bridgehead atoms. The van der Waals surface area contributed by atoms with Gasteiger partial charge in [0.15, 0.2) is 5.13 Å². The lowest BCUT2D eigenvalue weighted by atomic mass is 10.0. The topological polar surface area (TPSA) is 74.3 Å². The third kappa shape index (κ3) is 5.19. The number of nitrogens with zero attached hydrogens (tertiary/aromatic N) is 2. The average Bonchev–Trinajstić information content (AvgIpc) is 3.16. The molecule has 3 rings (SSSR count). The molecule has 0 unspecified atom stereocenters. The van der Waals surface area contributed by atoms with Crippen LogP contribution < -0.4 is 15.5 Å². The predicted molar refractivity (Wildman–Crippen MR) is 118 cm³/mol. The molecule has 1 aromatic heterocycles. The number of carbonyl (C=O) groups excluding carboxylic acids is 2. The second-order valence-corrected chi connectivity index (χ2v) is 8.10. The van der Waals surface area contributed by atoms with Crippen LogP contribution in [0.3, 0.4) is 0 Å². The number of anilines is 1. The molecule has 0 aliphatic rings. The fraction of sp³-hybridized carbons (Fsp3) is 0.318. The molecule has 0 aliphatic carbocycles. The summed E-state index contributed by atoms with van der Waals surface area (Å²) in [6.07, 6.45) is 0. The molecule has 29 heavy (non-hydrogen) atoms. The number of likely N-dealkylation sites (N-methyl/N-ethyl adjacent to an activating group) is 1. The summed E-state index contributed by atoms with van der Waals surface area (Å²) in [5.74, 6) is 0.0676. The molecule has 0 spiro atoms. The third-order valence-corrected chi connectivity index (χ3v) is 5.66. The smallest absolute Gasteiger partial charge is 0.243 e. The summed E-state index contributed by atoms with van der Waals surface area (Å²) in [7, 11) is 1.57. The van der Waals surface area contributed by atoms with Crippen molar-refractivity contribution in [1.82, 2.24) is 15.6 Å². The van der Waals surface area contributed by atoms with Crippen LogP contribution in [0.1, 0.15) is 30.9 Å². The van der Waals surface area contributed by atoms with Gasteiger partial charge in [0.1, 0.15) is 0 Å². The fourth-order valence-electron chi connectivity index (χ4n) is 3.03. The number of amides is 2. The summed E-state index contributed by atoms with van der Waals surface area (Å²) >= 11 is 1.52. The van der Waals surface area contributed by atoms with Crippen molar-refractivity contribution in [3.63, 3.8) is 0 Å². The standard InChI is InChI=1S/C22H26N4O2S/c1-15(2)17-10-7-11-18-21(17)25-22(29-18)26(14-16-8-5-4-6-9-16)20(28)13-24-12-19(27)23-3/h4-11,15,24H,12-14H2,1-3H3,(H,23,27). The Morgan fingerprint density at radius 2 is 1.83 bits per heavy atom. The summed E-state index contributed by atoms with van der Waals surface area (Å²) in [6, 6.07) is 16.0. The zero-order valence-corrected chi connectivity index (χ0v) is 17.8. The van der Waals surface area contributed by atoms with Crippen molar-refractivity contribution < 1.29 is 9.59 Å². The van der Waals surface area contributed by atoms with E-state index in [0.29, 0.717) is 17.6 Å². The van der Waals surface area contributed by atoms with Gasteiger partial charge in [0.25, 0.3) is 0 Å². The van der Waals surface area contributed by atoms with Crippen molar-refractivity contribution in [3.05, 3.63) is 59.7 Å². The zero-order valence-electron chi connectivity index (χ0n) is 16.9. The molecular weight excluding hydrogens is 384 g/mol. The Balaban J connectivity index is 1.90. The molecule has 2 aromatic carbocycles. The van der Waals surface area contributed by atoms with Crippen LogP contribution in [0.4, 0.5) is 5.13 Å². The maximum atomic E-state index is 13.0. The number of benzene rings is 2. The molecule has 2 amide bonds. The van der Waals surface area contributed by atoms with Gasteiger partial charge in [0.05, 0.1) is 29.9 Å². The van der Waals surface area contributed by atoms with Crippen LogP contribution in [0, 0.1) is 0 Å². The van der Waals surface area contributed by atoms with E-state index in [0.717, 1.165) is 15.8 Å². The Morgan fingerprint density at radius 3 is 2.52 bits per heavy atom. The van der Waals surface area contributed by atoms with E-state index in [1.807, 2.05) is 42.5 Å². The maximum absolute atomic E-state index is 13.0. The van der Waals surface area contributed by atoms with E-state index >= 15 is 0 Å². The number of thiazole rings is 1. The minimum Gasteiger partial charge on any atom is -0.358 e. The van der Waals surface area contributed by atoms with Gasteiger partial charge in [-0.1, -0.05) is 67.6 Å². The van der Waals surface area contributed by atoms with Gasteiger partial charge in [-0.25, -0.2) is 4.98 Å². The summed E-state index contributed by atoms with van der Waals surface area (Å²) < 4.78 is 1.07. The lowest BCUT2D eigenvalue weighted by Crippen LogP contribution is -2.41. The van der Waals surface area contributed by atoms with Crippen LogP contribution >= 0.6 is 11.3 Å². The van der Waals surface area contributed by atoms with Gasteiger partial charge in [0, 0.05) is 7.05 Å². The van der Waals surface area contributed by atoms with Crippen molar-refractivity contribution >= 4 is 38.5 Å². The Morgan fingerprint density at radius 1 is 1.07 bits per heavy atom. The number of para-hydroxylation sites is 1. The Hall–Kier alpha value is -2.77. The van der Waals surface area contributed by atoms with Gasteiger partial charge in [-0.3, -0.25) is 19.8 Å². The first-order valence-electron chi connectivity index (χ1n) is 9.64. The van der Waals surface area contributed by atoms with Crippen LogP contribution in [0.2, 0.25) is 0 Å². The van der Waals surface area contributed by atoms with Gasteiger partial charge in [0.2, 0.25) is 11.8 Å². The lowest BCUT2D eigenvalue weighted by molar-refractivity contribution is -0.120. The molecule has 0 atom stereocenters. The van der Waals surface area contributed by atoms with Crippen LogP contribution in [0.5, 0.6) is 0 Å². The first-order valence-corrected chi connectivity index (χ1v) is 10.5. The molecule has 3 aromatic rings. The highest BCUT2D eigenvalue weighted by atomic mass is 32.1. The molecule has 7 heteroatoms. The van der Waals surface area contributed by atoms with E-state index in [1.165, 1.54) is 16.9 Å². The number of nitrogens with one attached hydrogen (secondary N) is 2. The van der Waals surface area contributed by atoms with Crippen molar-refractivity contribution in [3.8, 4) is 0 Å². The Bertz CT molecular complexity index is 985. The number of fused-ring (bicyclic) bond motifs is 1. The van der Waals surface area contributed by atoms with E-state index in [1.54, 1.807) is 11.9 Å². The van der Waals surface area contributed by atoms with Gasteiger partial charge in [-0.2, -0.15) is 0 Å². The predicted octanol–water partition coefficient (Wildman–Crippen LogP) is 3.29. The minimum atomic E-state index is -0.158. The number of hydrogen-bond donors (Lipinski definition) is 2. The fourth-order valence-corrected chi connectivity index (χ4v) is 4.05. The number of rotatable bonds is 8. The van der Waals surface area contributed by atoms with E-state index in [-0.39, 0.29) is 24.9 Å². The van der Waals surface area contributed by atoms with Gasteiger partial charge >= 0.3 is 0 Å². The van der Waals surface area contributed by atoms with Gasteiger partial charge in [-0.15, -0.1) is 0 Å². The SMILES string of the molecule is CNC(=O)CNCC(=O)N(Cc1ccccc1)c1nc2c(C(C)C)cccc2s1. The molecule has 6 nitrogen and oxygen atoms in total. The lowest BCUT2D eigenvalue weighted by Gasteiger charge is -2.20. The second kappa shape index (κ2) is 9.62. The Kier molecular flexibility index (Phi) is 6.95. The summed E-state index contributed by atoms with van der Waals surface area (Å²) in [5, 5.41) is 6.12. The van der Waals surface area contributed by atoms with Crippen molar-refractivity contribution in [2.75, 3.05) is 25.0 Å². The van der Waals surface area contributed by atoms with Gasteiger partial charge < -0.3 is 5.32 Å². The molecule has 1 heterocycles. The van der Waals surface area contributed by atoms with Crippen LogP contribution in [0.15, 0.2) is 48.5 Å². The second-order valence-electron chi connectivity index (χ2n) is 7.09. The highest BCUT2D eigenvalue weighted by Gasteiger charge is 2.21. The van der Waals surface area contributed by atoms with E-state index < -0.39 is 0 Å². The molecule has 2 N–H and O–H groups in total. The van der Waals surface area contributed by atoms with Crippen molar-refractivity contribution in [2.45, 2.75) is 26.3 Å². The highest BCUT2D eigenvalue weighted by molar-refractivity contribution is 7.22. The van der Waals surface area contributed by atoms with E-state index in [4.69, 9.17) is 4.98 Å². The monoisotopic (exact) mass is 410 g/mol. The largest absolute Gasteiger partial charge is 0.358 e. The van der Waals surface area contributed by atoms with Crippen molar-refractivity contribution in [2.24, 2.45) is 0 Å². The van der Waals surface area contributed by atoms with E-state index in [9.17, 15) is 9.59 Å². The van der Waals surface area contributed by atoms with Gasteiger partial charge in [-0.05, 0) is 23.1 Å². The quantitative estimate of drug-likeness (QED) is 0.598. The molecule has 0 saturated heterocycles. The molecule has 152 valence electrons. The normalized spacial score (nSPS) is 11.0. The van der Waals surface area contributed by atoms with Crippen LogP contribution in [0.25, 0.3) is 10.2 Å². The number of aromatic nitrogens is 1. The van der Waals surface area contributed by atoms with E-state index in [2.05, 4.69) is 30.5 Å². The molecule has 0 fully saturated rings. The first kappa shape index (κ1) is 21.0. The zero-order chi connectivity index (χ0) is 20.8. The third-order valence-electron chi connectivity index (χ3n) is 4.62. The van der Waals surface area contributed by atoms with Crippen LogP contribution in [-0.2, 0) is 16.1 Å². The maximum Gasteiger partial charge on any atom is 0.243 e. The summed E-state index contributed by atoms with van der Waals surface area (Å²) in [5.41, 5.74) is 3.15. The molecule has 0 radical (unpaired) electrons. The van der Waals surface area contributed by atoms with Crippen molar-refractivity contribution in [1.29, 1.82) is 0 Å². The summed E-state index contributed by atoms with van der Waals surface area (Å²) in [6.45, 7) is 4.87.